The molecule has 0 aliphatic carbocycles. The van der Waals surface area contributed by atoms with Crippen molar-refractivity contribution < 1.29 is 9.53 Å². The summed E-state index contributed by atoms with van der Waals surface area (Å²) in [5.74, 6) is 0.0503. The molecule has 0 aromatic heterocycles. The molecule has 0 unspecified atom stereocenters. The molecule has 0 spiro atoms. The van der Waals surface area contributed by atoms with Crippen molar-refractivity contribution >= 4 is 29.3 Å². The normalized spacial score (nSPS) is 16.9. The minimum absolute atomic E-state index is 0.336. The molecular weight excluding hydrogens is 300 g/mol. The first kappa shape index (κ1) is 16.8. The van der Waals surface area contributed by atoms with E-state index in [1.54, 1.807) is 24.3 Å². The summed E-state index contributed by atoms with van der Waals surface area (Å²) in [5, 5.41) is 3.83. The zero-order valence-electron chi connectivity index (χ0n) is 13.1. The van der Waals surface area contributed by atoms with Gasteiger partial charge in [-0.2, -0.15) is 0 Å². The van der Waals surface area contributed by atoms with Crippen LogP contribution in [0.15, 0.2) is 24.3 Å². The molecule has 0 amide bonds. The largest absolute Gasteiger partial charge is 0.456 e. The van der Waals surface area contributed by atoms with Crippen molar-refractivity contribution in [2.75, 3.05) is 18.8 Å². The molecule has 1 fully saturated rings. The lowest BCUT2D eigenvalue weighted by atomic mass is 9.83. The van der Waals surface area contributed by atoms with Crippen molar-refractivity contribution in [3.8, 4) is 0 Å². The first-order valence-corrected chi connectivity index (χ1v) is 7.93. The Morgan fingerprint density at radius 1 is 1.41 bits per heavy atom. The van der Waals surface area contributed by atoms with Crippen LogP contribution in [0.3, 0.4) is 0 Å². The molecule has 4 nitrogen and oxygen atoms in total. The van der Waals surface area contributed by atoms with Crippen LogP contribution in [0.2, 0.25) is 5.02 Å². The van der Waals surface area contributed by atoms with Gasteiger partial charge in [-0.05, 0) is 63.6 Å². The Kier molecular flexibility index (Phi) is 5.48. The average molecular weight is 323 g/mol. The van der Waals surface area contributed by atoms with Gasteiger partial charge in [0.15, 0.2) is 0 Å². The highest BCUT2D eigenvalue weighted by Gasteiger charge is 2.33. The van der Waals surface area contributed by atoms with Crippen LogP contribution in [-0.4, -0.2) is 24.7 Å². The maximum absolute atomic E-state index is 12.0. The molecule has 1 aliphatic heterocycles. The minimum atomic E-state index is -0.456. The summed E-state index contributed by atoms with van der Waals surface area (Å²) < 4.78 is 5.64. The summed E-state index contributed by atoms with van der Waals surface area (Å²) in [4.78, 5) is 12.0. The topological polar surface area (TPSA) is 64.3 Å². The number of nitrogen functional groups attached to an aromatic ring is 1. The van der Waals surface area contributed by atoms with Crippen molar-refractivity contribution in [2.24, 2.45) is 5.92 Å². The number of carbonyl (C=O) groups excluding carboxylic acids is 1. The predicted molar refractivity (Wildman–Crippen MR) is 90.7 cm³/mol. The molecule has 0 saturated carbocycles. The fourth-order valence-corrected chi connectivity index (χ4v) is 2.84. The van der Waals surface area contributed by atoms with E-state index < -0.39 is 5.60 Å². The molecule has 1 aromatic rings. The van der Waals surface area contributed by atoms with E-state index in [0.717, 1.165) is 31.5 Å². The molecule has 1 heterocycles. The number of carbonyl (C=O) groups is 1. The molecule has 1 saturated heterocycles. The smallest absolute Gasteiger partial charge is 0.331 e. The second kappa shape index (κ2) is 7.16. The number of esters is 1. The molecule has 0 atom stereocenters. The lowest BCUT2D eigenvalue weighted by Crippen LogP contribution is -2.42. The highest BCUT2D eigenvalue weighted by molar-refractivity contribution is 6.33. The van der Waals surface area contributed by atoms with E-state index in [1.807, 2.05) is 13.8 Å². The molecule has 1 aromatic carbocycles. The number of hydrogen-bond acceptors (Lipinski definition) is 4. The Bertz CT molecular complexity index is 564. The number of halogens is 1. The fourth-order valence-electron chi connectivity index (χ4n) is 2.72. The Balaban J connectivity index is 1.96. The van der Waals surface area contributed by atoms with Gasteiger partial charge in [0, 0.05) is 12.0 Å². The van der Waals surface area contributed by atoms with E-state index in [2.05, 4.69) is 5.32 Å². The van der Waals surface area contributed by atoms with Gasteiger partial charge in [-0.15, -0.1) is 0 Å². The molecule has 0 bridgehead atoms. The molecular formula is C17H23ClN2O2. The molecule has 2 rings (SSSR count). The molecule has 1 aliphatic rings. The van der Waals surface area contributed by atoms with Crippen LogP contribution >= 0.6 is 11.6 Å². The summed E-state index contributed by atoms with van der Waals surface area (Å²) in [6.07, 6.45) is 5.18. The van der Waals surface area contributed by atoms with Crippen LogP contribution < -0.4 is 11.1 Å². The first-order valence-electron chi connectivity index (χ1n) is 7.55. The number of nitrogens with one attached hydrogen (secondary N) is 1. The van der Waals surface area contributed by atoms with Crippen molar-refractivity contribution in [3.63, 3.8) is 0 Å². The quantitative estimate of drug-likeness (QED) is 0.507. The van der Waals surface area contributed by atoms with Crippen LogP contribution in [0.4, 0.5) is 5.69 Å². The average Bonchev–Trinajstić information content (AvgIpc) is 2.49. The third kappa shape index (κ3) is 4.49. The minimum Gasteiger partial charge on any atom is -0.456 e. The Hall–Kier alpha value is -1.52. The van der Waals surface area contributed by atoms with Crippen LogP contribution in [0.1, 0.15) is 32.3 Å². The van der Waals surface area contributed by atoms with E-state index in [4.69, 9.17) is 22.1 Å². The van der Waals surface area contributed by atoms with E-state index in [0.29, 0.717) is 16.6 Å². The lowest BCUT2D eigenvalue weighted by Gasteiger charge is -2.36. The summed E-state index contributed by atoms with van der Waals surface area (Å²) in [7, 11) is 0. The van der Waals surface area contributed by atoms with E-state index >= 15 is 0 Å². The second-order valence-corrected chi connectivity index (χ2v) is 6.57. The van der Waals surface area contributed by atoms with Crippen LogP contribution in [0.5, 0.6) is 0 Å². The number of rotatable bonds is 4. The standard InChI is InChI=1S/C17H23ClN2O2/c1-17(2,13-7-9-20-10-8-13)22-16(21)6-4-12-3-5-14(18)15(19)11-12/h3-6,11,13,20H,7-10,19H2,1-2H3/b6-4+. The molecule has 120 valence electrons. The van der Waals surface area contributed by atoms with Gasteiger partial charge >= 0.3 is 5.97 Å². The third-order valence-corrected chi connectivity index (χ3v) is 4.46. The van der Waals surface area contributed by atoms with Crippen LogP contribution in [0.25, 0.3) is 6.08 Å². The van der Waals surface area contributed by atoms with Gasteiger partial charge in [0.2, 0.25) is 0 Å². The Morgan fingerprint density at radius 2 is 2.09 bits per heavy atom. The number of benzene rings is 1. The molecule has 5 heteroatoms. The number of anilines is 1. The van der Waals surface area contributed by atoms with E-state index in [-0.39, 0.29) is 5.97 Å². The maximum atomic E-state index is 12.0. The zero-order valence-corrected chi connectivity index (χ0v) is 13.8. The number of nitrogens with two attached hydrogens (primary N) is 1. The zero-order chi connectivity index (χ0) is 16.2. The van der Waals surface area contributed by atoms with E-state index in [9.17, 15) is 4.79 Å². The van der Waals surface area contributed by atoms with Crippen molar-refractivity contribution in [1.29, 1.82) is 0 Å². The molecule has 22 heavy (non-hydrogen) atoms. The third-order valence-electron chi connectivity index (χ3n) is 4.12. The van der Waals surface area contributed by atoms with Crippen molar-refractivity contribution in [1.82, 2.24) is 5.32 Å². The summed E-state index contributed by atoms with van der Waals surface area (Å²) >= 11 is 5.87. The Morgan fingerprint density at radius 3 is 2.73 bits per heavy atom. The fraction of sp³-hybridized carbons (Fsp3) is 0.471. The predicted octanol–water partition coefficient (Wildman–Crippen LogP) is 3.26. The summed E-state index contributed by atoms with van der Waals surface area (Å²) in [5.41, 5.74) is 6.59. The number of piperidine rings is 1. The van der Waals surface area contributed by atoms with Gasteiger partial charge < -0.3 is 15.8 Å². The summed E-state index contributed by atoms with van der Waals surface area (Å²) in [6.45, 7) is 5.92. The number of hydrogen-bond donors (Lipinski definition) is 2. The number of ether oxygens (including phenoxy) is 1. The SMILES string of the molecule is CC(C)(OC(=O)/C=C/c1ccc(Cl)c(N)c1)C1CCNCC1. The highest BCUT2D eigenvalue weighted by Crippen LogP contribution is 2.29. The highest BCUT2D eigenvalue weighted by atomic mass is 35.5. The van der Waals surface area contributed by atoms with Crippen molar-refractivity contribution in [3.05, 3.63) is 34.9 Å². The van der Waals surface area contributed by atoms with Gasteiger partial charge in [0.1, 0.15) is 5.60 Å². The first-order chi connectivity index (χ1) is 10.4. The van der Waals surface area contributed by atoms with E-state index in [1.165, 1.54) is 6.08 Å². The van der Waals surface area contributed by atoms with Crippen LogP contribution in [-0.2, 0) is 9.53 Å². The Labute approximate surface area is 136 Å². The van der Waals surface area contributed by atoms with Crippen LogP contribution in [0, 0.1) is 5.92 Å². The van der Waals surface area contributed by atoms with Gasteiger partial charge in [-0.1, -0.05) is 17.7 Å². The molecule has 0 radical (unpaired) electrons. The second-order valence-electron chi connectivity index (χ2n) is 6.16. The lowest BCUT2D eigenvalue weighted by molar-refractivity contribution is -0.156. The summed E-state index contributed by atoms with van der Waals surface area (Å²) in [6, 6.07) is 5.24. The van der Waals surface area contributed by atoms with Gasteiger partial charge in [-0.25, -0.2) is 4.79 Å². The monoisotopic (exact) mass is 322 g/mol. The van der Waals surface area contributed by atoms with Crippen molar-refractivity contribution in [2.45, 2.75) is 32.3 Å². The van der Waals surface area contributed by atoms with Gasteiger partial charge in [0.05, 0.1) is 10.7 Å². The molecule has 3 N–H and O–H groups in total. The van der Waals surface area contributed by atoms with Gasteiger partial charge in [0.25, 0.3) is 0 Å². The maximum Gasteiger partial charge on any atom is 0.331 e. The van der Waals surface area contributed by atoms with Gasteiger partial charge in [-0.3, -0.25) is 0 Å².